The number of esters is 1. The van der Waals surface area contributed by atoms with Crippen LogP contribution in [0.3, 0.4) is 0 Å². The fourth-order valence-electron chi connectivity index (χ4n) is 2.49. The third kappa shape index (κ3) is 4.66. The second-order valence-electron chi connectivity index (χ2n) is 5.53. The van der Waals surface area contributed by atoms with Gasteiger partial charge in [0.05, 0.1) is 38.5 Å². The van der Waals surface area contributed by atoms with Crippen LogP contribution in [0.4, 0.5) is 5.69 Å². The number of nitrogens with zero attached hydrogens (tertiary/aromatic N) is 1. The third-order valence-corrected chi connectivity index (χ3v) is 5.67. The summed E-state index contributed by atoms with van der Waals surface area (Å²) in [5.74, 6) is 0.611. The van der Waals surface area contributed by atoms with E-state index in [1.165, 1.54) is 57.7 Å². The molecular formula is C19H23NO7S. The number of hydrogen-bond donors (Lipinski definition) is 0. The van der Waals surface area contributed by atoms with Gasteiger partial charge in [0, 0.05) is 6.07 Å². The first kappa shape index (κ1) is 21.4. The van der Waals surface area contributed by atoms with Crippen molar-refractivity contribution in [1.29, 1.82) is 0 Å². The van der Waals surface area contributed by atoms with Crippen molar-refractivity contribution >= 4 is 21.7 Å². The van der Waals surface area contributed by atoms with Crippen molar-refractivity contribution in [2.45, 2.75) is 11.8 Å². The molecule has 0 atom stereocenters. The molecule has 9 heteroatoms. The molecule has 2 rings (SSSR count). The quantitative estimate of drug-likeness (QED) is 0.588. The second kappa shape index (κ2) is 9.32. The van der Waals surface area contributed by atoms with E-state index in [0.717, 1.165) is 4.31 Å². The van der Waals surface area contributed by atoms with Gasteiger partial charge in [0.2, 0.25) is 0 Å². The van der Waals surface area contributed by atoms with Crippen LogP contribution in [-0.2, 0) is 19.6 Å². The number of benzene rings is 2. The lowest BCUT2D eigenvalue weighted by Gasteiger charge is -2.24. The molecule has 0 aromatic heterocycles. The molecule has 0 saturated carbocycles. The molecule has 152 valence electrons. The van der Waals surface area contributed by atoms with E-state index in [2.05, 4.69) is 0 Å². The normalized spacial score (nSPS) is 10.9. The van der Waals surface area contributed by atoms with Crippen LogP contribution in [0, 0.1) is 0 Å². The van der Waals surface area contributed by atoms with Gasteiger partial charge in [-0.3, -0.25) is 9.10 Å². The van der Waals surface area contributed by atoms with Gasteiger partial charge in [0.25, 0.3) is 10.0 Å². The third-order valence-electron chi connectivity index (χ3n) is 3.88. The number of carbonyl (C=O) groups is 1. The maximum atomic E-state index is 13.2. The van der Waals surface area contributed by atoms with E-state index in [1.54, 1.807) is 13.0 Å². The number of rotatable bonds is 9. The zero-order valence-corrected chi connectivity index (χ0v) is 17.0. The minimum atomic E-state index is -4.06. The minimum absolute atomic E-state index is 0.00684. The molecule has 28 heavy (non-hydrogen) atoms. The Hall–Kier alpha value is -2.94. The lowest BCUT2D eigenvalue weighted by atomic mass is 10.2. The van der Waals surface area contributed by atoms with Gasteiger partial charge in [-0.2, -0.15) is 0 Å². The maximum absolute atomic E-state index is 13.2. The number of ether oxygens (including phenoxy) is 4. The first-order valence-corrected chi connectivity index (χ1v) is 9.85. The molecule has 0 fully saturated rings. The fraction of sp³-hybridized carbons (Fsp3) is 0.316. The second-order valence-corrected chi connectivity index (χ2v) is 7.39. The van der Waals surface area contributed by atoms with Crippen molar-refractivity contribution in [2.75, 3.05) is 38.8 Å². The van der Waals surface area contributed by atoms with Crippen LogP contribution >= 0.6 is 0 Å². The highest BCUT2D eigenvalue weighted by atomic mass is 32.2. The summed E-state index contributed by atoms with van der Waals surface area (Å²) in [6.07, 6.45) is 0. The number of anilines is 1. The molecular weight excluding hydrogens is 386 g/mol. The van der Waals surface area contributed by atoms with E-state index in [-0.39, 0.29) is 17.2 Å². The molecule has 8 nitrogen and oxygen atoms in total. The summed E-state index contributed by atoms with van der Waals surface area (Å²) in [5.41, 5.74) is 0.238. The highest BCUT2D eigenvalue weighted by molar-refractivity contribution is 7.92. The van der Waals surface area contributed by atoms with Gasteiger partial charge in [-0.25, -0.2) is 8.42 Å². The predicted octanol–water partition coefficient (Wildman–Crippen LogP) is 2.47. The van der Waals surface area contributed by atoms with Crippen LogP contribution in [0.2, 0.25) is 0 Å². The van der Waals surface area contributed by atoms with Gasteiger partial charge in [0.1, 0.15) is 12.3 Å². The largest absolute Gasteiger partial charge is 0.497 e. The van der Waals surface area contributed by atoms with Gasteiger partial charge >= 0.3 is 5.97 Å². The smallest absolute Gasteiger partial charge is 0.326 e. The number of carbonyl (C=O) groups excluding carboxylic acids is 1. The topological polar surface area (TPSA) is 91.4 Å². The van der Waals surface area contributed by atoms with Crippen molar-refractivity contribution in [2.24, 2.45) is 0 Å². The Labute approximate surface area is 164 Å². The first-order valence-electron chi connectivity index (χ1n) is 8.41. The molecule has 0 unspecified atom stereocenters. The van der Waals surface area contributed by atoms with Gasteiger partial charge in [-0.05, 0) is 43.3 Å². The van der Waals surface area contributed by atoms with Crippen molar-refractivity contribution in [3.05, 3.63) is 42.5 Å². The standard InChI is InChI=1S/C19H23NO7S/c1-5-27-19(21)13-20(14-6-11-17(25-3)18(12-14)26-4)28(22,23)16-9-7-15(24-2)8-10-16/h6-12H,5,13H2,1-4H3. The SMILES string of the molecule is CCOC(=O)CN(c1ccc(OC)c(OC)c1)S(=O)(=O)c1ccc(OC)cc1. The molecule has 0 heterocycles. The Balaban J connectivity index is 2.53. The van der Waals surface area contributed by atoms with Gasteiger partial charge in [0.15, 0.2) is 11.5 Å². The Bertz CT molecular complexity index is 910. The molecule has 0 amide bonds. The summed E-state index contributed by atoms with van der Waals surface area (Å²) >= 11 is 0. The monoisotopic (exact) mass is 409 g/mol. The molecule has 0 aliphatic heterocycles. The average Bonchev–Trinajstić information content (AvgIpc) is 2.71. The zero-order chi connectivity index (χ0) is 20.7. The van der Waals surface area contributed by atoms with E-state index in [9.17, 15) is 13.2 Å². The van der Waals surface area contributed by atoms with Gasteiger partial charge in [-0.15, -0.1) is 0 Å². The zero-order valence-electron chi connectivity index (χ0n) is 16.2. The van der Waals surface area contributed by atoms with Crippen LogP contribution in [-0.4, -0.2) is 48.9 Å². The Morgan fingerprint density at radius 2 is 1.57 bits per heavy atom. The molecule has 0 aliphatic carbocycles. The number of methoxy groups -OCH3 is 3. The molecule has 0 saturated heterocycles. The van der Waals surface area contributed by atoms with E-state index in [4.69, 9.17) is 18.9 Å². The lowest BCUT2D eigenvalue weighted by Crippen LogP contribution is -2.36. The van der Waals surface area contributed by atoms with Crippen molar-refractivity contribution in [1.82, 2.24) is 0 Å². The molecule has 2 aromatic carbocycles. The minimum Gasteiger partial charge on any atom is -0.497 e. The average molecular weight is 409 g/mol. The van der Waals surface area contributed by atoms with E-state index in [0.29, 0.717) is 17.2 Å². The summed E-state index contributed by atoms with van der Waals surface area (Å²) in [4.78, 5) is 12.1. The van der Waals surface area contributed by atoms with Crippen molar-refractivity contribution < 1.29 is 32.2 Å². The van der Waals surface area contributed by atoms with E-state index < -0.39 is 22.5 Å². The number of sulfonamides is 1. The number of hydrogen-bond acceptors (Lipinski definition) is 7. The van der Waals surface area contributed by atoms with Crippen LogP contribution < -0.4 is 18.5 Å². The maximum Gasteiger partial charge on any atom is 0.326 e. The van der Waals surface area contributed by atoms with Crippen LogP contribution in [0.5, 0.6) is 17.2 Å². The van der Waals surface area contributed by atoms with Crippen molar-refractivity contribution in [3.63, 3.8) is 0 Å². The lowest BCUT2D eigenvalue weighted by molar-refractivity contribution is -0.141. The van der Waals surface area contributed by atoms with Crippen LogP contribution in [0.15, 0.2) is 47.4 Å². The molecule has 0 bridgehead atoms. The fourth-order valence-corrected chi connectivity index (χ4v) is 3.89. The molecule has 2 aromatic rings. The summed E-state index contributed by atoms with van der Waals surface area (Å²) in [6, 6.07) is 10.5. The highest BCUT2D eigenvalue weighted by Crippen LogP contribution is 2.34. The molecule has 0 spiro atoms. The molecule has 0 radical (unpaired) electrons. The molecule has 0 aliphatic rings. The van der Waals surface area contributed by atoms with Gasteiger partial charge < -0.3 is 18.9 Å². The Kier molecular flexibility index (Phi) is 7.11. The Morgan fingerprint density at radius 1 is 0.929 bits per heavy atom. The Morgan fingerprint density at radius 3 is 2.11 bits per heavy atom. The summed E-state index contributed by atoms with van der Waals surface area (Å²) in [7, 11) is 0.344. The van der Waals surface area contributed by atoms with Crippen LogP contribution in [0.25, 0.3) is 0 Å². The summed E-state index contributed by atoms with van der Waals surface area (Å²) < 4.78 is 47.9. The van der Waals surface area contributed by atoms with E-state index >= 15 is 0 Å². The van der Waals surface area contributed by atoms with Crippen LogP contribution in [0.1, 0.15) is 6.92 Å². The molecule has 0 N–H and O–H groups in total. The van der Waals surface area contributed by atoms with Gasteiger partial charge in [-0.1, -0.05) is 0 Å². The predicted molar refractivity (Wildman–Crippen MR) is 104 cm³/mol. The highest BCUT2D eigenvalue weighted by Gasteiger charge is 2.28. The van der Waals surface area contributed by atoms with E-state index in [1.807, 2.05) is 0 Å². The first-order chi connectivity index (χ1) is 13.4. The summed E-state index contributed by atoms with van der Waals surface area (Å²) in [5, 5.41) is 0. The van der Waals surface area contributed by atoms with Crippen molar-refractivity contribution in [3.8, 4) is 17.2 Å². The summed E-state index contributed by atoms with van der Waals surface area (Å²) in [6.45, 7) is 1.30.